The second-order valence-electron chi connectivity index (χ2n) is 8.40. The van der Waals surface area contributed by atoms with Crippen molar-refractivity contribution in [2.45, 2.75) is 32.1 Å². The molecule has 3 aromatic rings. The maximum absolute atomic E-state index is 12.4. The average molecular weight is 435 g/mol. The van der Waals surface area contributed by atoms with E-state index in [-0.39, 0.29) is 5.70 Å². The quantitative estimate of drug-likeness (QED) is 0.647. The summed E-state index contributed by atoms with van der Waals surface area (Å²) in [4.78, 5) is 20.6. The maximum atomic E-state index is 12.4. The van der Waals surface area contributed by atoms with Gasteiger partial charge in [-0.05, 0) is 44.0 Å². The van der Waals surface area contributed by atoms with Crippen LogP contribution in [0.4, 0.5) is 11.4 Å². The van der Waals surface area contributed by atoms with Crippen LogP contribution in [-0.4, -0.2) is 45.0 Å². The Labute approximate surface area is 185 Å². The number of aromatic nitrogens is 3. The third-order valence-electron chi connectivity index (χ3n) is 5.97. The van der Waals surface area contributed by atoms with E-state index in [0.29, 0.717) is 6.54 Å². The van der Waals surface area contributed by atoms with Crippen LogP contribution in [-0.2, 0) is 16.6 Å². The molecule has 2 aromatic heterocycles. The van der Waals surface area contributed by atoms with E-state index in [1.54, 1.807) is 10.9 Å². The number of pyridine rings is 1. The van der Waals surface area contributed by atoms with Gasteiger partial charge in [-0.2, -0.15) is 5.10 Å². The number of hydrogen-bond acceptors (Lipinski definition) is 7. The van der Waals surface area contributed by atoms with E-state index < -0.39 is 18.2 Å². The van der Waals surface area contributed by atoms with E-state index in [2.05, 4.69) is 15.0 Å². The molecule has 4 heterocycles. The molecule has 0 radical (unpaired) electrons. The zero-order valence-corrected chi connectivity index (χ0v) is 18.1. The van der Waals surface area contributed by atoms with Crippen LogP contribution in [0.2, 0.25) is 0 Å². The molecule has 1 aromatic carbocycles. The number of carbonyl (C=O) groups is 1. The van der Waals surface area contributed by atoms with Crippen molar-refractivity contribution in [3.8, 4) is 0 Å². The Morgan fingerprint density at radius 3 is 2.88 bits per heavy atom. The van der Waals surface area contributed by atoms with Crippen LogP contribution >= 0.6 is 0 Å². The molecule has 9 heteroatoms. The topological polar surface area (TPSA) is 110 Å². The number of aliphatic hydroxyl groups excluding tert-OH is 1. The molecule has 2 aliphatic heterocycles. The summed E-state index contributed by atoms with van der Waals surface area (Å²) in [6, 6.07) is 7.82. The fraction of sp³-hybridized carbons (Fsp3) is 0.348. The van der Waals surface area contributed by atoms with E-state index >= 15 is 0 Å². The Balaban J connectivity index is 1.69. The minimum Gasteiger partial charge on any atom is -0.471 e. The zero-order valence-electron chi connectivity index (χ0n) is 18.1. The van der Waals surface area contributed by atoms with Crippen molar-refractivity contribution in [2.24, 2.45) is 12.8 Å². The number of hydrogen-bond donors (Lipinski definition) is 2. The number of fused-ring (bicyclic) bond motifs is 1. The van der Waals surface area contributed by atoms with Crippen LogP contribution in [0.15, 0.2) is 48.6 Å². The fourth-order valence-corrected chi connectivity index (χ4v) is 4.55. The van der Waals surface area contributed by atoms with Gasteiger partial charge in [0.1, 0.15) is 12.0 Å². The Hall–Kier alpha value is -3.59. The number of rotatable bonds is 4. The van der Waals surface area contributed by atoms with Crippen LogP contribution in [0.25, 0.3) is 10.9 Å². The number of anilines is 2. The number of aliphatic hydroxyl groups is 1. The van der Waals surface area contributed by atoms with E-state index in [9.17, 15) is 9.90 Å². The normalized spacial score (nSPS) is 21.0. The first-order valence-corrected chi connectivity index (χ1v) is 10.7. The van der Waals surface area contributed by atoms with Crippen LogP contribution in [0, 0.1) is 6.92 Å². The fourth-order valence-electron chi connectivity index (χ4n) is 4.55. The van der Waals surface area contributed by atoms with Gasteiger partial charge >= 0.3 is 0 Å². The molecule has 32 heavy (non-hydrogen) atoms. The number of amides is 1. The van der Waals surface area contributed by atoms with Gasteiger partial charge in [-0.1, -0.05) is 0 Å². The lowest BCUT2D eigenvalue weighted by molar-refractivity contribution is -0.114. The smallest absolute Gasteiger partial charge is 0.268 e. The van der Waals surface area contributed by atoms with Gasteiger partial charge in [0, 0.05) is 49.2 Å². The van der Waals surface area contributed by atoms with Gasteiger partial charge in [-0.3, -0.25) is 19.4 Å². The molecule has 5 rings (SSSR count). The molecule has 166 valence electrons. The molecule has 0 aliphatic carbocycles. The van der Waals surface area contributed by atoms with Gasteiger partial charge in [0.2, 0.25) is 6.23 Å². The Morgan fingerprint density at radius 2 is 2.12 bits per heavy atom. The first kappa shape index (κ1) is 20.3. The highest BCUT2D eigenvalue weighted by molar-refractivity contribution is 6.00. The highest BCUT2D eigenvalue weighted by atomic mass is 16.5. The van der Waals surface area contributed by atoms with Crippen LogP contribution in [0.3, 0.4) is 0 Å². The lowest BCUT2D eigenvalue weighted by Gasteiger charge is -2.36. The monoisotopic (exact) mass is 434 g/mol. The third kappa shape index (κ3) is 3.54. The highest BCUT2D eigenvalue weighted by Crippen LogP contribution is 2.44. The number of piperidine rings is 1. The minimum atomic E-state index is -0.575. The summed E-state index contributed by atoms with van der Waals surface area (Å²) >= 11 is 0. The number of nitrogens with zero attached hydrogens (tertiary/aromatic N) is 5. The van der Waals surface area contributed by atoms with Gasteiger partial charge in [-0.15, -0.1) is 0 Å². The van der Waals surface area contributed by atoms with Crippen molar-refractivity contribution in [1.29, 1.82) is 0 Å². The van der Waals surface area contributed by atoms with Crippen molar-refractivity contribution >= 4 is 28.2 Å². The lowest BCUT2D eigenvalue weighted by atomic mass is 10.0. The molecule has 3 N–H and O–H groups in total. The molecule has 2 atom stereocenters. The summed E-state index contributed by atoms with van der Waals surface area (Å²) in [6.45, 7) is 3.22. The number of primary amides is 1. The van der Waals surface area contributed by atoms with Crippen molar-refractivity contribution < 1.29 is 14.6 Å². The Bertz CT molecular complexity index is 1220. The summed E-state index contributed by atoms with van der Waals surface area (Å²) in [5, 5.41) is 15.8. The second-order valence-corrected chi connectivity index (χ2v) is 8.40. The molecule has 9 nitrogen and oxygen atoms in total. The van der Waals surface area contributed by atoms with Crippen molar-refractivity contribution in [1.82, 2.24) is 14.8 Å². The number of carbonyl (C=O) groups excluding carboxylic acids is 1. The largest absolute Gasteiger partial charge is 0.471 e. The molecule has 2 aliphatic rings. The molecular weight excluding hydrogens is 408 g/mol. The van der Waals surface area contributed by atoms with E-state index in [0.717, 1.165) is 52.9 Å². The molecule has 0 bridgehead atoms. The maximum Gasteiger partial charge on any atom is 0.268 e. The van der Waals surface area contributed by atoms with Crippen LogP contribution < -0.4 is 15.5 Å². The molecule has 1 amide bonds. The lowest BCUT2D eigenvalue weighted by Crippen LogP contribution is -2.40. The predicted octanol–water partition coefficient (Wildman–Crippen LogP) is 2.10. The molecular formula is C23H26N6O3. The summed E-state index contributed by atoms with van der Waals surface area (Å²) in [6.07, 6.45) is 5.76. The summed E-state index contributed by atoms with van der Waals surface area (Å²) < 4.78 is 7.72. The van der Waals surface area contributed by atoms with Gasteiger partial charge in [0.05, 0.1) is 23.0 Å². The van der Waals surface area contributed by atoms with Crippen molar-refractivity contribution in [2.75, 3.05) is 22.9 Å². The Morgan fingerprint density at radius 1 is 1.28 bits per heavy atom. The molecule has 0 saturated carbocycles. The van der Waals surface area contributed by atoms with Gasteiger partial charge < -0.3 is 20.5 Å². The first-order chi connectivity index (χ1) is 15.4. The predicted molar refractivity (Wildman–Crippen MR) is 121 cm³/mol. The third-order valence-corrected chi connectivity index (χ3v) is 5.97. The Kier molecular flexibility index (Phi) is 4.97. The van der Waals surface area contributed by atoms with E-state index in [4.69, 9.17) is 10.5 Å². The van der Waals surface area contributed by atoms with Crippen LogP contribution in [0.1, 0.15) is 30.3 Å². The zero-order chi connectivity index (χ0) is 22.4. The number of aryl methyl sites for hydroxylation is 2. The molecule has 1 saturated heterocycles. The highest BCUT2D eigenvalue weighted by Gasteiger charge is 2.36. The summed E-state index contributed by atoms with van der Waals surface area (Å²) in [5.74, 6) is -0.575. The average Bonchev–Trinajstić information content (AvgIpc) is 3.35. The standard InChI is InChI=1S/C23H26N6O3/c1-14-8-15(5-6-25-14)23-29(21(13-32-23)22(24)31)20-9-16-11-27(2)26-18(16)10-19(20)28-7-3-4-17(30)12-28/h5-6,8-11,13,17,23,30H,3-4,7,12H2,1-2H3,(H2,24,31). The number of benzene rings is 1. The van der Waals surface area contributed by atoms with Gasteiger partial charge in [0.15, 0.2) is 0 Å². The first-order valence-electron chi connectivity index (χ1n) is 10.7. The van der Waals surface area contributed by atoms with Crippen LogP contribution in [0.5, 0.6) is 0 Å². The number of nitrogens with two attached hydrogens (primary N) is 1. The van der Waals surface area contributed by atoms with Gasteiger partial charge in [0.25, 0.3) is 5.91 Å². The summed E-state index contributed by atoms with van der Waals surface area (Å²) in [7, 11) is 1.88. The number of ether oxygens (including phenoxy) is 1. The van der Waals surface area contributed by atoms with E-state index in [1.807, 2.05) is 49.3 Å². The number of β-amino-alcohol motifs (C(OH)–C–C–N with tert-alkyl or cyclic N) is 1. The molecule has 2 unspecified atom stereocenters. The van der Waals surface area contributed by atoms with Gasteiger partial charge in [-0.25, -0.2) is 0 Å². The van der Waals surface area contributed by atoms with E-state index in [1.165, 1.54) is 6.26 Å². The molecule has 1 fully saturated rings. The SMILES string of the molecule is Cc1cc(C2OC=C(C(N)=O)N2c2cc3cn(C)nc3cc2N2CCCC(O)C2)ccn1. The summed E-state index contributed by atoms with van der Waals surface area (Å²) in [5.41, 5.74) is 10.2. The van der Waals surface area contributed by atoms with Crippen molar-refractivity contribution in [3.63, 3.8) is 0 Å². The molecule has 0 spiro atoms. The second kappa shape index (κ2) is 7.83. The minimum absolute atomic E-state index is 0.270. The van der Waals surface area contributed by atoms with Crippen molar-refractivity contribution in [3.05, 3.63) is 59.9 Å².